The second kappa shape index (κ2) is 5.92. The van der Waals surface area contributed by atoms with E-state index in [1.807, 2.05) is 11.8 Å². The highest BCUT2D eigenvalue weighted by atomic mass is 32.2. The molecule has 0 aromatic heterocycles. The molecule has 3 nitrogen and oxygen atoms in total. The van der Waals surface area contributed by atoms with E-state index in [2.05, 4.69) is 4.90 Å². The van der Waals surface area contributed by atoms with Crippen LogP contribution in [0.5, 0.6) is 0 Å². The predicted octanol–water partition coefficient (Wildman–Crippen LogP) is 1.47. The summed E-state index contributed by atoms with van der Waals surface area (Å²) < 4.78 is 0. The minimum atomic E-state index is 0.215. The fraction of sp³-hybridized carbons (Fsp3) is 0.917. The summed E-state index contributed by atoms with van der Waals surface area (Å²) in [5, 5.41) is 0. The predicted molar refractivity (Wildman–Crippen MR) is 68.5 cm³/mol. The molecule has 16 heavy (non-hydrogen) atoms. The Morgan fingerprint density at radius 2 is 2.06 bits per heavy atom. The molecule has 2 rings (SSSR count). The normalized spacial score (nSPS) is 32.2. The quantitative estimate of drug-likeness (QED) is 0.757. The molecule has 0 bridgehead atoms. The smallest absolute Gasteiger partial charge is 0.225 e. The SMILES string of the molecule is NC1CCCC(C(=O)N2CCCSCC2)C1. The van der Waals surface area contributed by atoms with Crippen molar-refractivity contribution in [3.63, 3.8) is 0 Å². The van der Waals surface area contributed by atoms with Crippen molar-refractivity contribution >= 4 is 17.7 Å². The van der Waals surface area contributed by atoms with Crippen molar-refractivity contribution in [2.45, 2.75) is 38.1 Å². The highest BCUT2D eigenvalue weighted by Gasteiger charge is 2.29. The van der Waals surface area contributed by atoms with Crippen molar-refractivity contribution in [3.8, 4) is 0 Å². The van der Waals surface area contributed by atoms with Crippen LogP contribution in [0.4, 0.5) is 0 Å². The molecule has 0 aromatic carbocycles. The number of amides is 1. The first kappa shape index (κ1) is 12.2. The third-order valence-corrected chi connectivity index (χ3v) is 4.65. The molecule has 2 N–H and O–H groups in total. The average Bonchev–Trinajstić information content (AvgIpc) is 2.56. The first-order valence-corrected chi connectivity index (χ1v) is 7.55. The first-order chi connectivity index (χ1) is 7.77. The van der Waals surface area contributed by atoms with Gasteiger partial charge in [0, 0.05) is 30.8 Å². The fourth-order valence-corrected chi connectivity index (χ4v) is 3.56. The summed E-state index contributed by atoms with van der Waals surface area (Å²) in [7, 11) is 0. The van der Waals surface area contributed by atoms with E-state index in [0.717, 1.165) is 50.9 Å². The van der Waals surface area contributed by atoms with Gasteiger partial charge in [-0.25, -0.2) is 0 Å². The minimum Gasteiger partial charge on any atom is -0.342 e. The Labute approximate surface area is 102 Å². The number of hydrogen-bond donors (Lipinski definition) is 1. The van der Waals surface area contributed by atoms with E-state index in [4.69, 9.17) is 5.73 Å². The van der Waals surface area contributed by atoms with Crippen LogP contribution in [0.15, 0.2) is 0 Å². The zero-order valence-corrected chi connectivity index (χ0v) is 10.7. The Bertz CT molecular complexity index is 235. The number of rotatable bonds is 1. The van der Waals surface area contributed by atoms with Gasteiger partial charge in [0.1, 0.15) is 0 Å². The van der Waals surface area contributed by atoms with Gasteiger partial charge in [0.25, 0.3) is 0 Å². The van der Waals surface area contributed by atoms with E-state index in [0.29, 0.717) is 5.91 Å². The molecule has 1 aliphatic carbocycles. The van der Waals surface area contributed by atoms with Crippen LogP contribution >= 0.6 is 11.8 Å². The van der Waals surface area contributed by atoms with Crippen LogP contribution < -0.4 is 5.73 Å². The van der Waals surface area contributed by atoms with Crippen molar-refractivity contribution in [3.05, 3.63) is 0 Å². The van der Waals surface area contributed by atoms with E-state index in [9.17, 15) is 4.79 Å². The van der Waals surface area contributed by atoms with Gasteiger partial charge in [-0.2, -0.15) is 11.8 Å². The van der Waals surface area contributed by atoms with E-state index in [1.54, 1.807) is 0 Å². The van der Waals surface area contributed by atoms with Gasteiger partial charge in [-0.3, -0.25) is 4.79 Å². The van der Waals surface area contributed by atoms with Gasteiger partial charge in [-0.15, -0.1) is 0 Å². The van der Waals surface area contributed by atoms with Gasteiger partial charge in [-0.1, -0.05) is 6.42 Å². The summed E-state index contributed by atoms with van der Waals surface area (Å²) in [5.74, 6) is 2.89. The lowest BCUT2D eigenvalue weighted by atomic mass is 9.85. The number of nitrogens with zero attached hydrogens (tertiary/aromatic N) is 1. The van der Waals surface area contributed by atoms with Crippen LogP contribution in [0.1, 0.15) is 32.1 Å². The highest BCUT2D eigenvalue weighted by molar-refractivity contribution is 7.99. The third-order valence-electron chi connectivity index (χ3n) is 3.60. The molecule has 1 amide bonds. The first-order valence-electron chi connectivity index (χ1n) is 6.39. The molecule has 1 saturated carbocycles. The number of carbonyl (C=O) groups excluding carboxylic acids is 1. The lowest BCUT2D eigenvalue weighted by Gasteiger charge is -2.30. The van der Waals surface area contributed by atoms with Gasteiger partial charge < -0.3 is 10.6 Å². The molecule has 2 unspecified atom stereocenters. The summed E-state index contributed by atoms with van der Waals surface area (Å²) >= 11 is 1.97. The molecule has 2 aliphatic rings. The van der Waals surface area contributed by atoms with Crippen molar-refractivity contribution in [2.75, 3.05) is 24.6 Å². The largest absolute Gasteiger partial charge is 0.342 e. The van der Waals surface area contributed by atoms with Gasteiger partial charge in [0.2, 0.25) is 5.91 Å². The molecule has 1 saturated heterocycles. The molecule has 1 heterocycles. The Morgan fingerprint density at radius 1 is 1.19 bits per heavy atom. The number of hydrogen-bond acceptors (Lipinski definition) is 3. The molecule has 2 fully saturated rings. The summed E-state index contributed by atoms with van der Waals surface area (Å²) in [5.41, 5.74) is 5.95. The third kappa shape index (κ3) is 3.14. The maximum Gasteiger partial charge on any atom is 0.225 e. The van der Waals surface area contributed by atoms with Crippen LogP contribution in [0.2, 0.25) is 0 Å². The fourth-order valence-electron chi connectivity index (χ4n) is 2.68. The number of carbonyl (C=O) groups is 1. The minimum absolute atomic E-state index is 0.215. The summed E-state index contributed by atoms with van der Waals surface area (Å²) in [6.45, 7) is 1.90. The molecule has 92 valence electrons. The van der Waals surface area contributed by atoms with Crippen LogP contribution in [-0.4, -0.2) is 41.4 Å². The van der Waals surface area contributed by atoms with Gasteiger partial charge in [0.15, 0.2) is 0 Å². The summed E-state index contributed by atoms with van der Waals surface area (Å²) in [6, 6.07) is 0.254. The van der Waals surface area contributed by atoms with Crippen molar-refractivity contribution < 1.29 is 4.79 Å². The second-order valence-corrected chi connectivity index (χ2v) is 6.14. The van der Waals surface area contributed by atoms with E-state index in [1.165, 1.54) is 5.75 Å². The standard InChI is InChI=1S/C12H22N2OS/c13-11-4-1-3-10(9-11)12(15)14-5-2-7-16-8-6-14/h10-11H,1-9,13H2. The molecule has 0 spiro atoms. The zero-order valence-electron chi connectivity index (χ0n) is 9.86. The average molecular weight is 242 g/mol. The zero-order chi connectivity index (χ0) is 11.4. The Kier molecular flexibility index (Phi) is 4.53. The molecule has 0 radical (unpaired) electrons. The van der Waals surface area contributed by atoms with Crippen LogP contribution in [0.3, 0.4) is 0 Å². The molecule has 2 atom stereocenters. The highest BCUT2D eigenvalue weighted by Crippen LogP contribution is 2.25. The topological polar surface area (TPSA) is 46.3 Å². The van der Waals surface area contributed by atoms with Crippen LogP contribution in [0.25, 0.3) is 0 Å². The van der Waals surface area contributed by atoms with E-state index >= 15 is 0 Å². The number of thioether (sulfide) groups is 1. The molecule has 4 heteroatoms. The lowest BCUT2D eigenvalue weighted by Crippen LogP contribution is -2.41. The van der Waals surface area contributed by atoms with E-state index in [-0.39, 0.29) is 12.0 Å². The molecular formula is C12H22N2OS. The summed E-state index contributed by atoms with van der Waals surface area (Å²) in [4.78, 5) is 14.4. The Morgan fingerprint density at radius 3 is 2.88 bits per heavy atom. The second-order valence-electron chi connectivity index (χ2n) is 4.91. The molecule has 0 aromatic rings. The van der Waals surface area contributed by atoms with Gasteiger partial charge in [-0.05, 0) is 31.4 Å². The number of nitrogens with two attached hydrogens (primary N) is 1. The lowest BCUT2D eigenvalue weighted by molar-refractivity contribution is -0.136. The van der Waals surface area contributed by atoms with Gasteiger partial charge >= 0.3 is 0 Å². The van der Waals surface area contributed by atoms with Crippen molar-refractivity contribution in [2.24, 2.45) is 11.7 Å². The molecular weight excluding hydrogens is 220 g/mol. The molecule has 1 aliphatic heterocycles. The monoisotopic (exact) mass is 242 g/mol. The van der Waals surface area contributed by atoms with Crippen molar-refractivity contribution in [1.82, 2.24) is 4.90 Å². The van der Waals surface area contributed by atoms with Crippen molar-refractivity contribution in [1.29, 1.82) is 0 Å². The van der Waals surface area contributed by atoms with Crippen LogP contribution in [-0.2, 0) is 4.79 Å². The van der Waals surface area contributed by atoms with Gasteiger partial charge in [0.05, 0.1) is 0 Å². The van der Waals surface area contributed by atoms with E-state index < -0.39 is 0 Å². The Hall–Kier alpha value is -0.220. The Balaban J connectivity index is 1.89. The summed E-state index contributed by atoms with van der Waals surface area (Å²) in [6.07, 6.45) is 5.33. The van der Waals surface area contributed by atoms with Crippen LogP contribution in [0, 0.1) is 5.92 Å². The maximum absolute atomic E-state index is 12.3. The maximum atomic E-state index is 12.3.